The first-order valence-corrected chi connectivity index (χ1v) is 9.56. The quantitative estimate of drug-likeness (QED) is 0.872. The molecule has 0 aromatic heterocycles. The van der Waals surface area contributed by atoms with Crippen LogP contribution in [0.5, 0.6) is 5.75 Å². The smallest absolute Gasteiger partial charge is 0.115 e. The molecule has 2 aliphatic heterocycles. The zero-order chi connectivity index (χ0) is 15.4. The van der Waals surface area contributed by atoms with Crippen LogP contribution >= 0.6 is 11.8 Å². The molecule has 3 rings (SSSR count). The fraction of sp³-hybridized carbons (Fsp3) is 0.667. The third-order valence-corrected chi connectivity index (χ3v) is 6.11. The van der Waals surface area contributed by atoms with E-state index in [1.165, 1.54) is 29.9 Å². The van der Waals surface area contributed by atoms with Crippen molar-refractivity contribution in [2.75, 3.05) is 18.1 Å². The first-order valence-electron chi connectivity index (χ1n) is 8.41. The number of hydrogen-bond donors (Lipinski definition) is 2. The summed E-state index contributed by atoms with van der Waals surface area (Å²) in [6.07, 6.45) is 5.71. The van der Waals surface area contributed by atoms with E-state index in [9.17, 15) is 5.11 Å². The minimum atomic E-state index is 0.164. The highest BCUT2D eigenvalue weighted by Crippen LogP contribution is 2.38. The number of ether oxygens (including phenoxy) is 1. The second-order valence-corrected chi connectivity index (χ2v) is 7.90. The van der Waals surface area contributed by atoms with Gasteiger partial charge in [-0.05, 0) is 62.5 Å². The number of phenols is 1. The monoisotopic (exact) mass is 321 g/mol. The average molecular weight is 321 g/mol. The number of phenolic OH excluding ortho intramolecular Hbond substituents is 1. The summed E-state index contributed by atoms with van der Waals surface area (Å²) in [5.41, 5.74) is 1.46. The summed E-state index contributed by atoms with van der Waals surface area (Å²) in [6.45, 7) is 3.19. The number of aromatic hydroxyl groups is 1. The molecule has 3 atom stereocenters. The van der Waals surface area contributed by atoms with E-state index in [-0.39, 0.29) is 5.60 Å². The Bertz CT molecular complexity index is 470. The lowest BCUT2D eigenvalue weighted by Crippen LogP contribution is -2.49. The number of rotatable bonds is 5. The van der Waals surface area contributed by atoms with Crippen molar-refractivity contribution in [3.05, 3.63) is 29.8 Å². The first kappa shape index (κ1) is 16.2. The van der Waals surface area contributed by atoms with Crippen molar-refractivity contribution in [3.8, 4) is 5.75 Å². The molecular formula is C18H27NO2S. The van der Waals surface area contributed by atoms with E-state index < -0.39 is 0 Å². The van der Waals surface area contributed by atoms with Gasteiger partial charge in [0.25, 0.3) is 0 Å². The van der Waals surface area contributed by atoms with Crippen molar-refractivity contribution in [1.29, 1.82) is 0 Å². The number of thioether (sulfide) groups is 1. The molecule has 1 aromatic rings. The minimum Gasteiger partial charge on any atom is -0.508 e. The molecule has 122 valence electrons. The Hall–Kier alpha value is -0.710. The summed E-state index contributed by atoms with van der Waals surface area (Å²) >= 11 is 2.04. The number of nitrogens with one attached hydrogen (secondary N) is 1. The van der Waals surface area contributed by atoms with Crippen LogP contribution in [0.2, 0.25) is 0 Å². The highest BCUT2D eigenvalue weighted by Gasteiger charge is 2.40. The van der Waals surface area contributed by atoms with Gasteiger partial charge in [0, 0.05) is 24.4 Å². The Morgan fingerprint density at radius 3 is 2.95 bits per heavy atom. The van der Waals surface area contributed by atoms with Gasteiger partial charge >= 0.3 is 0 Å². The number of benzene rings is 1. The van der Waals surface area contributed by atoms with Crippen molar-refractivity contribution in [2.45, 2.75) is 56.7 Å². The summed E-state index contributed by atoms with van der Waals surface area (Å²) in [5, 5.41) is 13.1. The third kappa shape index (κ3) is 4.18. The SMILES string of the molecule is C[C@H](CCc1ccc(O)cc1)N[C@H]1CCO[C@]2(CCSC2)C1. The summed E-state index contributed by atoms with van der Waals surface area (Å²) in [5.74, 6) is 2.77. The molecule has 4 heteroatoms. The fourth-order valence-corrected chi connectivity index (χ4v) is 4.94. The van der Waals surface area contributed by atoms with Gasteiger partial charge < -0.3 is 15.2 Å². The summed E-state index contributed by atoms with van der Waals surface area (Å²) in [4.78, 5) is 0. The second kappa shape index (κ2) is 7.24. The van der Waals surface area contributed by atoms with Gasteiger partial charge in [0.05, 0.1) is 5.60 Å². The van der Waals surface area contributed by atoms with Gasteiger partial charge in [-0.3, -0.25) is 0 Å². The van der Waals surface area contributed by atoms with Crippen molar-refractivity contribution in [3.63, 3.8) is 0 Å². The predicted molar refractivity (Wildman–Crippen MR) is 92.7 cm³/mol. The molecule has 1 aromatic carbocycles. The van der Waals surface area contributed by atoms with E-state index in [4.69, 9.17) is 4.74 Å². The highest BCUT2D eigenvalue weighted by molar-refractivity contribution is 7.99. The maximum atomic E-state index is 9.33. The number of hydrogen-bond acceptors (Lipinski definition) is 4. The first-order chi connectivity index (χ1) is 10.7. The highest BCUT2D eigenvalue weighted by atomic mass is 32.2. The van der Waals surface area contributed by atoms with Crippen molar-refractivity contribution >= 4 is 11.8 Å². The molecule has 2 N–H and O–H groups in total. The summed E-state index contributed by atoms with van der Waals surface area (Å²) < 4.78 is 6.09. The molecule has 2 aliphatic rings. The minimum absolute atomic E-state index is 0.164. The van der Waals surface area contributed by atoms with E-state index in [1.807, 2.05) is 23.9 Å². The van der Waals surface area contributed by atoms with E-state index >= 15 is 0 Å². The molecule has 1 spiro atoms. The zero-order valence-corrected chi connectivity index (χ0v) is 14.2. The van der Waals surface area contributed by atoms with Crippen LogP contribution in [0.4, 0.5) is 0 Å². The van der Waals surface area contributed by atoms with Crippen LogP contribution in [0.1, 0.15) is 38.2 Å². The molecular weight excluding hydrogens is 294 g/mol. The lowest BCUT2D eigenvalue weighted by Gasteiger charge is -2.39. The lowest BCUT2D eigenvalue weighted by molar-refractivity contribution is -0.0712. The normalized spacial score (nSPS) is 29.8. The molecule has 0 aliphatic carbocycles. The Morgan fingerprint density at radius 2 is 2.23 bits per heavy atom. The largest absolute Gasteiger partial charge is 0.508 e. The summed E-state index contributed by atoms with van der Waals surface area (Å²) in [7, 11) is 0. The average Bonchev–Trinajstić information content (AvgIpc) is 2.94. The Labute approximate surface area is 137 Å². The van der Waals surface area contributed by atoms with Gasteiger partial charge in [0.15, 0.2) is 0 Å². The lowest BCUT2D eigenvalue weighted by atomic mass is 9.89. The van der Waals surface area contributed by atoms with Gasteiger partial charge in [-0.1, -0.05) is 12.1 Å². The molecule has 0 radical (unpaired) electrons. The Kier molecular flexibility index (Phi) is 5.32. The zero-order valence-electron chi connectivity index (χ0n) is 13.4. The fourth-order valence-electron chi connectivity index (χ4n) is 3.56. The van der Waals surface area contributed by atoms with Crippen LogP contribution < -0.4 is 5.32 Å². The molecule has 2 heterocycles. The summed E-state index contributed by atoms with van der Waals surface area (Å²) in [6, 6.07) is 8.69. The topological polar surface area (TPSA) is 41.5 Å². The maximum Gasteiger partial charge on any atom is 0.115 e. The van der Waals surface area contributed by atoms with E-state index in [0.29, 0.717) is 17.8 Å². The van der Waals surface area contributed by atoms with Crippen molar-refractivity contribution in [2.24, 2.45) is 0 Å². The van der Waals surface area contributed by atoms with Gasteiger partial charge in [0.2, 0.25) is 0 Å². The molecule has 0 amide bonds. The second-order valence-electron chi connectivity index (χ2n) is 6.80. The van der Waals surface area contributed by atoms with Crippen molar-refractivity contribution < 1.29 is 9.84 Å². The van der Waals surface area contributed by atoms with Crippen LogP contribution in [0, 0.1) is 0 Å². The predicted octanol–water partition coefficient (Wildman–Crippen LogP) is 3.36. The van der Waals surface area contributed by atoms with Crippen LogP contribution in [0.3, 0.4) is 0 Å². The Balaban J connectivity index is 1.45. The molecule has 2 saturated heterocycles. The van der Waals surface area contributed by atoms with Crippen LogP contribution in [-0.2, 0) is 11.2 Å². The van der Waals surface area contributed by atoms with Crippen LogP contribution in [0.25, 0.3) is 0 Å². The van der Waals surface area contributed by atoms with Crippen molar-refractivity contribution in [1.82, 2.24) is 5.32 Å². The molecule has 22 heavy (non-hydrogen) atoms. The van der Waals surface area contributed by atoms with Gasteiger partial charge in [-0.2, -0.15) is 11.8 Å². The van der Waals surface area contributed by atoms with Crippen LogP contribution in [-0.4, -0.2) is 40.9 Å². The van der Waals surface area contributed by atoms with E-state index in [2.05, 4.69) is 12.2 Å². The van der Waals surface area contributed by atoms with Crippen LogP contribution in [0.15, 0.2) is 24.3 Å². The van der Waals surface area contributed by atoms with Gasteiger partial charge in [-0.15, -0.1) is 0 Å². The molecule has 0 saturated carbocycles. The molecule has 0 bridgehead atoms. The van der Waals surface area contributed by atoms with Gasteiger partial charge in [-0.25, -0.2) is 0 Å². The Morgan fingerprint density at radius 1 is 1.41 bits per heavy atom. The third-order valence-electron chi connectivity index (χ3n) is 4.88. The standard InChI is InChI=1S/C18H27NO2S/c1-14(2-3-15-4-6-17(20)7-5-15)19-16-8-10-21-18(12-16)9-11-22-13-18/h4-7,14,16,19-20H,2-3,8-13H2,1H3/t14-,16+,18-/m1/s1. The molecule has 0 unspecified atom stereocenters. The molecule has 2 fully saturated rings. The van der Waals surface area contributed by atoms with E-state index in [1.54, 1.807) is 12.1 Å². The van der Waals surface area contributed by atoms with Gasteiger partial charge in [0.1, 0.15) is 5.75 Å². The maximum absolute atomic E-state index is 9.33. The number of aryl methyl sites for hydroxylation is 1. The van der Waals surface area contributed by atoms with E-state index in [0.717, 1.165) is 25.9 Å². The molecule has 3 nitrogen and oxygen atoms in total.